The SMILES string of the molecule is COc1ncccc1-c1ccc(O)c(-c2nc3ccc(C(=O)Nc4ccc(C(C)=O)cc4)cc3[nH]2)c1. The van der Waals surface area contributed by atoms with Gasteiger partial charge in [-0.1, -0.05) is 6.07 Å². The number of aromatic hydroxyl groups is 1. The number of carbonyl (C=O) groups excluding carboxylic acids is 2. The number of H-pyrrole nitrogens is 1. The van der Waals surface area contributed by atoms with Gasteiger partial charge in [0.05, 0.1) is 23.7 Å². The minimum Gasteiger partial charge on any atom is -0.507 e. The maximum absolute atomic E-state index is 12.8. The Hall–Kier alpha value is -4.98. The molecule has 3 N–H and O–H groups in total. The topological polar surface area (TPSA) is 117 Å². The maximum Gasteiger partial charge on any atom is 0.255 e. The second-order valence-corrected chi connectivity index (χ2v) is 8.20. The van der Waals surface area contributed by atoms with Crippen LogP contribution in [0.15, 0.2) is 79.0 Å². The van der Waals surface area contributed by atoms with Gasteiger partial charge in [-0.3, -0.25) is 9.59 Å². The molecule has 0 atom stereocenters. The molecule has 8 heteroatoms. The lowest BCUT2D eigenvalue weighted by atomic mass is 10.0. The lowest BCUT2D eigenvalue weighted by molar-refractivity contribution is 0.101. The number of pyridine rings is 1. The minimum atomic E-state index is -0.294. The van der Waals surface area contributed by atoms with E-state index in [1.165, 1.54) is 6.92 Å². The van der Waals surface area contributed by atoms with Crippen LogP contribution in [-0.2, 0) is 0 Å². The standard InChI is InChI=1S/C28H22N4O4/c1-16(33)17-5-9-20(10-6-17)30-27(35)19-7-11-23-24(15-19)32-26(31-23)22-14-18(8-12-25(22)34)21-4-3-13-29-28(21)36-2/h3-15,34H,1-2H3,(H,30,35)(H,31,32). The number of hydrogen-bond donors (Lipinski definition) is 3. The summed E-state index contributed by atoms with van der Waals surface area (Å²) in [5.41, 5.74) is 5.00. The number of nitrogens with zero attached hydrogens (tertiary/aromatic N) is 2. The first-order chi connectivity index (χ1) is 17.4. The third kappa shape index (κ3) is 4.39. The molecule has 0 saturated heterocycles. The van der Waals surface area contributed by atoms with Crippen LogP contribution >= 0.6 is 0 Å². The second kappa shape index (κ2) is 9.34. The first-order valence-electron chi connectivity index (χ1n) is 11.2. The van der Waals surface area contributed by atoms with E-state index < -0.39 is 0 Å². The molecule has 0 aliphatic carbocycles. The molecule has 0 fully saturated rings. The van der Waals surface area contributed by atoms with Gasteiger partial charge >= 0.3 is 0 Å². The number of imidazole rings is 1. The molecule has 8 nitrogen and oxygen atoms in total. The molecule has 0 aliphatic heterocycles. The summed E-state index contributed by atoms with van der Waals surface area (Å²) in [7, 11) is 1.56. The van der Waals surface area contributed by atoms with Crippen molar-refractivity contribution in [3.8, 4) is 34.1 Å². The van der Waals surface area contributed by atoms with Crippen molar-refractivity contribution in [1.29, 1.82) is 0 Å². The van der Waals surface area contributed by atoms with Crippen molar-refractivity contribution < 1.29 is 19.4 Å². The Bertz CT molecular complexity index is 1610. The Morgan fingerprint density at radius 2 is 1.72 bits per heavy atom. The summed E-state index contributed by atoms with van der Waals surface area (Å²) in [4.78, 5) is 36.3. The van der Waals surface area contributed by atoms with Crippen LogP contribution in [0.4, 0.5) is 5.69 Å². The van der Waals surface area contributed by atoms with Crippen LogP contribution in [0.5, 0.6) is 11.6 Å². The van der Waals surface area contributed by atoms with Crippen molar-refractivity contribution >= 4 is 28.4 Å². The number of phenolic OH excluding ortho intramolecular Hbond substituents is 1. The van der Waals surface area contributed by atoms with Crippen molar-refractivity contribution in [3.63, 3.8) is 0 Å². The number of ketones is 1. The van der Waals surface area contributed by atoms with Crippen LogP contribution in [-0.4, -0.2) is 38.9 Å². The predicted octanol–water partition coefficient (Wildman–Crippen LogP) is 5.46. The van der Waals surface area contributed by atoms with Crippen LogP contribution in [0.2, 0.25) is 0 Å². The number of carbonyl (C=O) groups is 2. The fraction of sp³-hybridized carbons (Fsp3) is 0.0714. The third-order valence-electron chi connectivity index (χ3n) is 5.82. The highest BCUT2D eigenvalue weighted by molar-refractivity contribution is 6.06. The number of nitrogens with one attached hydrogen (secondary N) is 2. The zero-order chi connectivity index (χ0) is 25.2. The van der Waals surface area contributed by atoms with Crippen LogP contribution in [0.25, 0.3) is 33.5 Å². The van der Waals surface area contributed by atoms with Gasteiger partial charge in [-0.25, -0.2) is 9.97 Å². The van der Waals surface area contributed by atoms with E-state index in [1.54, 1.807) is 67.9 Å². The molecule has 2 aromatic heterocycles. The highest BCUT2D eigenvalue weighted by atomic mass is 16.5. The molecule has 0 bridgehead atoms. The summed E-state index contributed by atoms with van der Waals surface area (Å²) in [5, 5.41) is 13.4. The Kier molecular flexibility index (Phi) is 5.92. The molecule has 0 spiro atoms. The van der Waals surface area contributed by atoms with Gasteiger partial charge in [0.2, 0.25) is 5.88 Å². The number of ether oxygens (including phenoxy) is 1. The van der Waals surface area contributed by atoms with Crippen molar-refractivity contribution in [2.75, 3.05) is 12.4 Å². The van der Waals surface area contributed by atoms with Crippen LogP contribution in [0, 0.1) is 0 Å². The van der Waals surface area contributed by atoms with Crippen LogP contribution in [0.3, 0.4) is 0 Å². The monoisotopic (exact) mass is 478 g/mol. The Balaban J connectivity index is 1.44. The number of aromatic amines is 1. The van der Waals surface area contributed by atoms with Gasteiger partial charge in [0.1, 0.15) is 11.6 Å². The van der Waals surface area contributed by atoms with Gasteiger partial charge in [-0.2, -0.15) is 0 Å². The molecular weight excluding hydrogens is 456 g/mol. The van der Waals surface area contributed by atoms with E-state index in [-0.39, 0.29) is 17.4 Å². The van der Waals surface area contributed by atoms with Crippen LogP contribution in [0.1, 0.15) is 27.6 Å². The molecule has 5 aromatic rings. The first-order valence-corrected chi connectivity index (χ1v) is 11.2. The van der Waals surface area contributed by atoms with Crippen molar-refractivity contribution in [3.05, 3.63) is 90.1 Å². The summed E-state index contributed by atoms with van der Waals surface area (Å²) in [5.74, 6) is 0.671. The zero-order valence-electron chi connectivity index (χ0n) is 19.6. The summed E-state index contributed by atoms with van der Waals surface area (Å²) in [6, 6.07) is 20.7. The average molecular weight is 479 g/mol. The number of fused-ring (bicyclic) bond motifs is 1. The Labute approximate surface area is 206 Å². The highest BCUT2D eigenvalue weighted by Gasteiger charge is 2.15. The second-order valence-electron chi connectivity index (χ2n) is 8.20. The molecule has 0 saturated carbocycles. The number of aromatic nitrogens is 3. The van der Waals surface area contributed by atoms with Crippen LogP contribution < -0.4 is 10.1 Å². The largest absolute Gasteiger partial charge is 0.507 e. The van der Waals surface area contributed by atoms with Crippen molar-refractivity contribution in [2.45, 2.75) is 6.92 Å². The van der Waals surface area contributed by atoms with E-state index >= 15 is 0 Å². The van der Waals surface area contributed by atoms with Gasteiger partial charge in [0.15, 0.2) is 5.78 Å². The fourth-order valence-corrected chi connectivity index (χ4v) is 3.94. The summed E-state index contributed by atoms with van der Waals surface area (Å²) < 4.78 is 5.37. The number of Topliss-reactive ketones (excluding diaryl/α,β-unsaturated/α-hetero) is 1. The molecule has 178 valence electrons. The van der Waals surface area contributed by atoms with E-state index in [4.69, 9.17) is 4.74 Å². The minimum absolute atomic E-state index is 0.0375. The molecule has 5 rings (SSSR count). The summed E-state index contributed by atoms with van der Waals surface area (Å²) in [6.45, 7) is 1.49. The number of phenols is 1. The normalized spacial score (nSPS) is 10.8. The highest BCUT2D eigenvalue weighted by Crippen LogP contribution is 2.35. The van der Waals surface area contributed by atoms with Crippen molar-refractivity contribution in [1.82, 2.24) is 15.0 Å². The molecule has 3 aromatic carbocycles. The number of benzene rings is 3. The van der Waals surface area contributed by atoms with Crippen molar-refractivity contribution in [2.24, 2.45) is 0 Å². The van der Waals surface area contributed by atoms with Gasteiger partial charge < -0.3 is 20.1 Å². The molecule has 1 amide bonds. The zero-order valence-corrected chi connectivity index (χ0v) is 19.6. The van der Waals surface area contributed by atoms with E-state index in [9.17, 15) is 14.7 Å². The molecule has 0 unspecified atom stereocenters. The fourth-order valence-electron chi connectivity index (χ4n) is 3.94. The number of rotatable bonds is 6. The van der Waals surface area contributed by atoms with Gasteiger partial charge in [0.25, 0.3) is 5.91 Å². The molecular formula is C28H22N4O4. The lowest BCUT2D eigenvalue weighted by Gasteiger charge is -2.09. The van der Waals surface area contributed by atoms with E-state index in [1.807, 2.05) is 18.2 Å². The van der Waals surface area contributed by atoms with Gasteiger partial charge in [-0.05, 0) is 79.2 Å². The quantitative estimate of drug-likeness (QED) is 0.279. The number of amides is 1. The third-order valence-corrected chi connectivity index (χ3v) is 5.82. The number of hydrogen-bond acceptors (Lipinski definition) is 6. The van der Waals surface area contributed by atoms with E-state index in [0.717, 1.165) is 11.1 Å². The predicted molar refractivity (Wildman–Crippen MR) is 137 cm³/mol. The smallest absolute Gasteiger partial charge is 0.255 e. The lowest BCUT2D eigenvalue weighted by Crippen LogP contribution is -2.11. The maximum atomic E-state index is 12.8. The molecule has 36 heavy (non-hydrogen) atoms. The molecule has 0 radical (unpaired) electrons. The Morgan fingerprint density at radius 1 is 0.944 bits per heavy atom. The van der Waals surface area contributed by atoms with E-state index in [0.29, 0.717) is 45.1 Å². The first kappa shape index (κ1) is 22.8. The van der Waals surface area contributed by atoms with Gasteiger partial charge in [-0.15, -0.1) is 0 Å². The number of anilines is 1. The number of methoxy groups -OCH3 is 1. The Morgan fingerprint density at radius 3 is 2.47 bits per heavy atom. The van der Waals surface area contributed by atoms with Gasteiger partial charge in [0, 0.05) is 28.6 Å². The van der Waals surface area contributed by atoms with E-state index in [2.05, 4.69) is 20.3 Å². The molecule has 2 heterocycles. The summed E-state index contributed by atoms with van der Waals surface area (Å²) >= 11 is 0. The summed E-state index contributed by atoms with van der Waals surface area (Å²) in [6.07, 6.45) is 1.65. The average Bonchev–Trinajstić information content (AvgIpc) is 3.32. The molecule has 0 aliphatic rings.